The monoisotopic (exact) mass is 236 g/mol. The van der Waals surface area contributed by atoms with Crippen LogP contribution in [-0.2, 0) is 4.79 Å². The molecule has 0 bridgehead atoms. The normalized spacial score (nSPS) is 12.3. The molecule has 0 aliphatic rings. The molecule has 0 spiro atoms. The zero-order valence-electron chi connectivity index (χ0n) is 10.8. The second-order valence-corrected chi connectivity index (χ2v) is 4.48. The maximum Gasteiger partial charge on any atom is 0.227 e. The molecule has 1 amide bonds. The largest absolute Gasteiger partial charge is 0.497 e. The fourth-order valence-corrected chi connectivity index (χ4v) is 1.33. The number of nitrogen functional groups attached to an aromatic ring is 1. The molecule has 1 rings (SSSR count). The number of ether oxygens (including phenoxy) is 1. The Kier molecular flexibility index (Phi) is 4.37. The van der Waals surface area contributed by atoms with Crippen LogP contribution >= 0.6 is 0 Å². The van der Waals surface area contributed by atoms with Gasteiger partial charge in [0.05, 0.1) is 18.5 Å². The quantitative estimate of drug-likeness (QED) is 0.789. The molecular weight excluding hydrogens is 216 g/mol. The van der Waals surface area contributed by atoms with Gasteiger partial charge in [0.15, 0.2) is 0 Å². The molecule has 17 heavy (non-hydrogen) atoms. The first kappa shape index (κ1) is 13.4. The van der Waals surface area contributed by atoms with Crippen molar-refractivity contribution in [2.45, 2.75) is 20.8 Å². The van der Waals surface area contributed by atoms with E-state index in [9.17, 15) is 4.79 Å². The van der Waals surface area contributed by atoms with Crippen molar-refractivity contribution in [1.29, 1.82) is 0 Å². The lowest BCUT2D eigenvalue weighted by molar-refractivity contribution is -0.120. The lowest BCUT2D eigenvalue weighted by Gasteiger charge is -2.16. The molecule has 0 aliphatic carbocycles. The Balaban J connectivity index is 2.78. The van der Waals surface area contributed by atoms with E-state index >= 15 is 0 Å². The van der Waals surface area contributed by atoms with Gasteiger partial charge in [-0.15, -0.1) is 0 Å². The first-order valence-corrected chi connectivity index (χ1v) is 5.70. The molecule has 1 atom stereocenters. The smallest absolute Gasteiger partial charge is 0.227 e. The zero-order valence-corrected chi connectivity index (χ0v) is 10.8. The number of hydrogen-bond acceptors (Lipinski definition) is 3. The van der Waals surface area contributed by atoms with Crippen molar-refractivity contribution in [2.24, 2.45) is 11.8 Å². The summed E-state index contributed by atoms with van der Waals surface area (Å²) in [5.41, 5.74) is 6.96. The third-order valence-electron chi connectivity index (χ3n) is 2.93. The number of methoxy groups -OCH3 is 1. The van der Waals surface area contributed by atoms with Gasteiger partial charge in [0.25, 0.3) is 0 Å². The molecule has 1 aromatic rings. The number of carbonyl (C=O) groups excluding carboxylic acids is 1. The Morgan fingerprint density at radius 3 is 2.47 bits per heavy atom. The topological polar surface area (TPSA) is 64.3 Å². The molecule has 0 heterocycles. The van der Waals surface area contributed by atoms with Crippen molar-refractivity contribution in [3.63, 3.8) is 0 Å². The fourth-order valence-electron chi connectivity index (χ4n) is 1.33. The average molecular weight is 236 g/mol. The van der Waals surface area contributed by atoms with E-state index in [2.05, 4.69) is 5.32 Å². The van der Waals surface area contributed by atoms with Crippen LogP contribution in [0.4, 0.5) is 11.4 Å². The summed E-state index contributed by atoms with van der Waals surface area (Å²) >= 11 is 0. The zero-order chi connectivity index (χ0) is 13.0. The molecule has 1 unspecified atom stereocenters. The van der Waals surface area contributed by atoms with Gasteiger partial charge in [-0.25, -0.2) is 0 Å². The van der Waals surface area contributed by atoms with E-state index in [0.717, 1.165) is 0 Å². The van der Waals surface area contributed by atoms with Crippen LogP contribution in [0.25, 0.3) is 0 Å². The highest BCUT2D eigenvalue weighted by Gasteiger charge is 2.17. The summed E-state index contributed by atoms with van der Waals surface area (Å²) in [6.45, 7) is 5.93. The molecule has 0 radical (unpaired) electrons. The van der Waals surface area contributed by atoms with Crippen LogP contribution in [0.5, 0.6) is 5.75 Å². The molecular formula is C13H20N2O2. The highest BCUT2D eigenvalue weighted by Crippen LogP contribution is 2.25. The number of carbonyl (C=O) groups is 1. The van der Waals surface area contributed by atoms with Gasteiger partial charge in [-0.3, -0.25) is 4.79 Å². The third-order valence-corrected chi connectivity index (χ3v) is 2.93. The van der Waals surface area contributed by atoms with E-state index in [0.29, 0.717) is 23.0 Å². The van der Waals surface area contributed by atoms with Gasteiger partial charge in [0, 0.05) is 12.0 Å². The van der Waals surface area contributed by atoms with Crippen molar-refractivity contribution in [3.8, 4) is 5.75 Å². The highest BCUT2D eigenvalue weighted by molar-refractivity contribution is 5.95. The Labute approximate surface area is 102 Å². The predicted octanol–water partition coefficient (Wildman–Crippen LogP) is 2.51. The van der Waals surface area contributed by atoms with E-state index in [-0.39, 0.29) is 11.8 Å². The number of nitrogens with two attached hydrogens (primary N) is 1. The molecule has 4 nitrogen and oxygen atoms in total. The molecule has 94 valence electrons. The number of anilines is 2. The van der Waals surface area contributed by atoms with Gasteiger partial charge in [0.2, 0.25) is 5.91 Å². The molecule has 0 saturated heterocycles. The first-order valence-electron chi connectivity index (χ1n) is 5.70. The summed E-state index contributed by atoms with van der Waals surface area (Å²) in [5, 5.41) is 2.82. The van der Waals surface area contributed by atoms with Gasteiger partial charge < -0.3 is 15.8 Å². The van der Waals surface area contributed by atoms with E-state index in [1.54, 1.807) is 25.3 Å². The molecule has 1 aromatic carbocycles. The van der Waals surface area contributed by atoms with Crippen LogP contribution in [0, 0.1) is 11.8 Å². The minimum atomic E-state index is -0.0449. The predicted molar refractivity (Wildman–Crippen MR) is 70.0 cm³/mol. The molecule has 0 aliphatic heterocycles. The van der Waals surface area contributed by atoms with E-state index in [1.807, 2.05) is 20.8 Å². The minimum Gasteiger partial charge on any atom is -0.497 e. The first-order chi connectivity index (χ1) is 7.95. The van der Waals surface area contributed by atoms with Gasteiger partial charge in [-0.2, -0.15) is 0 Å². The Hall–Kier alpha value is -1.71. The van der Waals surface area contributed by atoms with Gasteiger partial charge in [-0.1, -0.05) is 20.8 Å². The summed E-state index contributed by atoms with van der Waals surface area (Å²) in [5.74, 6) is 0.917. The molecule has 4 heteroatoms. The summed E-state index contributed by atoms with van der Waals surface area (Å²) in [4.78, 5) is 11.9. The van der Waals surface area contributed by atoms with Crippen LogP contribution in [0.3, 0.4) is 0 Å². The lowest BCUT2D eigenvalue weighted by atomic mass is 9.97. The highest BCUT2D eigenvalue weighted by atomic mass is 16.5. The van der Waals surface area contributed by atoms with Crippen molar-refractivity contribution in [1.82, 2.24) is 0 Å². The van der Waals surface area contributed by atoms with Crippen LogP contribution in [0.2, 0.25) is 0 Å². The molecule has 0 saturated carbocycles. The maximum absolute atomic E-state index is 11.9. The van der Waals surface area contributed by atoms with Crippen molar-refractivity contribution in [3.05, 3.63) is 18.2 Å². The van der Waals surface area contributed by atoms with Gasteiger partial charge in [0.1, 0.15) is 5.75 Å². The molecule has 0 fully saturated rings. The van der Waals surface area contributed by atoms with E-state index in [1.165, 1.54) is 0 Å². The van der Waals surface area contributed by atoms with E-state index < -0.39 is 0 Å². The van der Waals surface area contributed by atoms with Crippen molar-refractivity contribution < 1.29 is 9.53 Å². The number of benzene rings is 1. The maximum atomic E-state index is 11.9. The van der Waals surface area contributed by atoms with Gasteiger partial charge in [-0.05, 0) is 18.1 Å². The number of nitrogens with one attached hydrogen (secondary N) is 1. The van der Waals surface area contributed by atoms with Crippen LogP contribution < -0.4 is 15.8 Å². The third kappa shape index (κ3) is 3.37. The van der Waals surface area contributed by atoms with Crippen LogP contribution in [-0.4, -0.2) is 13.0 Å². The fraction of sp³-hybridized carbons (Fsp3) is 0.462. The van der Waals surface area contributed by atoms with Crippen LogP contribution in [0.1, 0.15) is 20.8 Å². The Morgan fingerprint density at radius 1 is 1.35 bits per heavy atom. The summed E-state index contributed by atoms with van der Waals surface area (Å²) < 4.78 is 5.05. The molecule has 0 aromatic heterocycles. The standard InChI is InChI=1S/C13H20N2O2/c1-8(2)9(3)13(16)15-12-6-5-10(17-4)7-11(12)14/h5-9H,14H2,1-4H3,(H,15,16). The summed E-state index contributed by atoms with van der Waals surface area (Å²) in [7, 11) is 1.58. The summed E-state index contributed by atoms with van der Waals surface area (Å²) in [6.07, 6.45) is 0. The number of amides is 1. The SMILES string of the molecule is COc1ccc(NC(=O)C(C)C(C)C)c(N)c1. The average Bonchev–Trinajstić information content (AvgIpc) is 2.30. The number of rotatable bonds is 4. The molecule has 3 N–H and O–H groups in total. The Morgan fingerprint density at radius 2 is 2.00 bits per heavy atom. The minimum absolute atomic E-state index is 0.0168. The second-order valence-electron chi connectivity index (χ2n) is 4.48. The van der Waals surface area contributed by atoms with Gasteiger partial charge >= 0.3 is 0 Å². The van der Waals surface area contributed by atoms with Crippen molar-refractivity contribution in [2.75, 3.05) is 18.2 Å². The lowest BCUT2D eigenvalue weighted by Crippen LogP contribution is -2.24. The van der Waals surface area contributed by atoms with Crippen LogP contribution in [0.15, 0.2) is 18.2 Å². The second kappa shape index (κ2) is 5.57. The Bertz CT molecular complexity index is 402. The van der Waals surface area contributed by atoms with Crippen molar-refractivity contribution >= 4 is 17.3 Å². The summed E-state index contributed by atoms with van der Waals surface area (Å²) in [6, 6.07) is 5.21. The number of hydrogen-bond donors (Lipinski definition) is 2. The van der Waals surface area contributed by atoms with E-state index in [4.69, 9.17) is 10.5 Å².